The highest BCUT2D eigenvalue weighted by Gasteiger charge is 2.33. The van der Waals surface area contributed by atoms with E-state index < -0.39 is 43.4 Å². The van der Waals surface area contributed by atoms with E-state index in [4.69, 9.17) is 39.0 Å². The highest BCUT2D eigenvalue weighted by molar-refractivity contribution is 5.99. The molecule has 0 unspecified atom stereocenters. The Morgan fingerprint density at radius 2 is 0.767 bits per heavy atom. The van der Waals surface area contributed by atoms with Crippen molar-refractivity contribution in [3.63, 3.8) is 0 Å². The van der Waals surface area contributed by atoms with Crippen molar-refractivity contribution in [1.29, 1.82) is 0 Å². The summed E-state index contributed by atoms with van der Waals surface area (Å²) in [5, 5.41) is 45.3. The van der Waals surface area contributed by atoms with Gasteiger partial charge >= 0.3 is 43.7 Å². The van der Waals surface area contributed by atoms with Crippen LogP contribution in [-0.2, 0) is 67.3 Å². The Morgan fingerprint density at radius 1 is 0.384 bits per heavy atom. The van der Waals surface area contributed by atoms with Crippen LogP contribution < -0.4 is 66.2 Å². The zero-order valence-electron chi connectivity index (χ0n) is 81.2. The molecule has 146 heavy (non-hydrogen) atoms. The van der Waals surface area contributed by atoms with Crippen molar-refractivity contribution in [2.75, 3.05) is 56.8 Å². The third-order valence-corrected chi connectivity index (χ3v) is 22.2. The summed E-state index contributed by atoms with van der Waals surface area (Å²) < 4.78 is 137. The summed E-state index contributed by atoms with van der Waals surface area (Å²) in [7, 11) is 9.46. The molecule has 8 N–H and O–H groups in total. The summed E-state index contributed by atoms with van der Waals surface area (Å²) in [6, 6.07) is 72.3. The lowest BCUT2D eigenvalue weighted by Crippen LogP contribution is -2.30. The lowest BCUT2D eigenvalue weighted by Gasteiger charge is -2.16. The molecule has 0 aliphatic rings. The second kappa shape index (κ2) is 50.7. The smallest absolute Gasteiger partial charge is 0.495 e. The number of alkyl halides is 7. The molecule has 7 heterocycles. The maximum atomic E-state index is 13.0. The van der Waals surface area contributed by atoms with Crippen molar-refractivity contribution in [3.8, 4) is 96.5 Å². The fourth-order valence-corrected chi connectivity index (χ4v) is 15.3. The summed E-state index contributed by atoms with van der Waals surface area (Å²) in [6.07, 6.45) is 3.93. The van der Waals surface area contributed by atoms with E-state index in [0.717, 1.165) is 56.0 Å². The quantitative estimate of drug-likeness (QED) is 0.0135. The van der Waals surface area contributed by atoms with Crippen LogP contribution in [0.1, 0.15) is 85.0 Å². The van der Waals surface area contributed by atoms with E-state index in [0.29, 0.717) is 109 Å². The predicted octanol–water partition coefficient (Wildman–Crippen LogP) is 21.4. The van der Waals surface area contributed by atoms with Crippen LogP contribution in [-0.4, -0.2) is 144 Å². The number of amides is 8. The Bertz CT molecular complexity index is 7100. The Labute approximate surface area is 835 Å². The minimum atomic E-state index is -4.88. The molecule has 0 atom stereocenters. The number of halogens is 7. The van der Waals surface area contributed by atoms with Crippen LogP contribution in [0.25, 0.3) is 67.6 Å². The summed E-state index contributed by atoms with van der Waals surface area (Å²) in [4.78, 5) is 72.6. The van der Waals surface area contributed by atoms with E-state index in [-0.39, 0.29) is 80.4 Å². The molecular formula is C106H105F7N20O13. The Balaban J connectivity index is 0.000000163. The van der Waals surface area contributed by atoms with Crippen molar-refractivity contribution in [1.82, 2.24) is 80.1 Å². The number of nitrogens with one attached hydrogen (secondary N) is 8. The van der Waals surface area contributed by atoms with Crippen molar-refractivity contribution in [3.05, 3.63) is 347 Å². The molecule has 40 heteroatoms. The Morgan fingerprint density at radius 3 is 1.15 bits per heavy atom. The number of benzene rings is 9. The van der Waals surface area contributed by atoms with Crippen LogP contribution in [0.15, 0.2) is 280 Å². The number of hydrogen-bond acceptors (Lipinski definition) is 20. The van der Waals surface area contributed by atoms with Gasteiger partial charge in [-0.1, -0.05) is 153 Å². The Kier molecular flexibility index (Phi) is 36.8. The summed E-state index contributed by atoms with van der Waals surface area (Å²) in [6.45, 7) is 3.79. The molecule has 8 amide bonds. The summed E-state index contributed by atoms with van der Waals surface area (Å²) in [5.41, 5.74) is 16.4. The number of rotatable bonds is 35. The molecule has 0 fully saturated rings. The number of methoxy groups -OCH3 is 5. The molecule has 0 radical (unpaired) electrons. The van der Waals surface area contributed by atoms with Gasteiger partial charge in [0.15, 0.2) is 5.78 Å². The molecule has 756 valence electrons. The van der Waals surface area contributed by atoms with E-state index >= 15 is 0 Å². The zero-order chi connectivity index (χ0) is 104. The normalized spacial score (nSPS) is 11.0. The molecule has 16 aromatic rings. The number of anilines is 4. The molecule has 0 saturated heterocycles. The van der Waals surface area contributed by atoms with E-state index in [1.807, 2.05) is 173 Å². The minimum Gasteiger partial charge on any atom is -0.495 e. The average molecular weight is 2000 g/mol. The number of pyridine rings is 2. The molecule has 33 nitrogen and oxygen atoms in total. The average Bonchev–Trinajstić information content (AvgIpc) is 1.63. The lowest BCUT2D eigenvalue weighted by atomic mass is 10.00. The van der Waals surface area contributed by atoms with Crippen molar-refractivity contribution in [2.45, 2.75) is 107 Å². The predicted molar refractivity (Wildman–Crippen MR) is 536 cm³/mol. The molecule has 0 aliphatic carbocycles. The third-order valence-electron chi connectivity index (χ3n) is 22.2. The van der Waals surface area contributed by atoms with Gasteiger partial charge in [-0.05, 0) is 158 Å². The first-order valence-electron chi connectivity index (χ1n) is 45.4. The third kappa shape index (κ3) is 28.3. The largest absolute Gasteiger partial charge is 0.573 e. The monoisotopic (exact) mass is 2000 g/mol. The highest BCUT2D eigenvalue weighted by atomic mass is 19.4. The van der Waals surface area contributed by atoms with Gasteiger partial charge in [0.1, 0.15) is 57.7 Å². The van der Waals surface area contributed by atoms with Crippen LogP contribution in [0, 0.1) is 27.7 Å². The lowest BCUT2D eigenvalue weighted by molar-refractivity contribution is -0.274. The molecule has 0 bridgehead atoms. The molecule has 0 spiro atoms. The number of carbonyl (C=O) groups is 5. The van der Waals surface area contributed by atoms with Gasteiger partial charge in [0, 0.05) is 141 Å². The van der Waals surface area contributed by atoms with Crippen LogP contribution in [0.2, 0.25) is 0 Å². The number of ether oxygens (including phenoxy) is 8. The van der Waals surface area contributed by atoms with E-state index in [1.165, 1.54) is 63.5 Å². The molecule has 0 saturated carbocycles. The SMILES string of the molecule is CCC(=O)c1nn(-c2ccccc2)c(NC(=O)NCc2cc(COC)ccc2OC(F)F)c1C.COCc1ccc(OC(F)(F)F)c(CNC(=O)Nc2c(C)c(-c3ccc(OC)nc3)nn2-c2ccccc2)c1.COCc1ccc(OC(F)F)c(CNC(=O)Nc2c(C)c(-c3cncc(OC)c3)nn2-c2ccccc2)c1.Cc1c(-c2cnn(C)c2)nn(-c2ccccc2)c1NC(=O)NCc1ccccc1-c1ccccc1. The number of hydrogen-bond donors (Lipinski definition) is 8. The van der Waals surface area contributed by atoms with Gasteiger partial charge in [-0.15, -0.1) is 13.2 Å². The molecule has 16 rings (SSSR count). The van der Waals surface area contributed by atoms with Gasteiger partial charge in [0.2, 0.25) is 5.88 Å². The number of Topliss-reactive ketones (excluding diaryl/α,β-unsaturated/α-hetero) is 1. The maximum Gasteiger partial charge on any atom is 0.573 e. The second-order valence-electron chi connectivity index (χ2n) is 32.3. The standard InChI is InChI=1S/C28H26N6O.C27H26F3N5O4.C27H27F2N5O4.C24H26F2N4O4/c1-20-26(23-18-30-33(2)19-23)32-34(24-14-7-4-8-15-24)27(20)31-28(35)29-17-22-13-9-10-16-25(22)21-11-5-3-6-12-21;1-17-24(19-10-12-23(38-3)31-14-19)34-35(21-7-5-4-6-8-21)25(17)33-26(36)32-15-20-13-18(16-37-2)9-11-22(20)39-27(28,29)30;1-17-24(20-12-22(37-3)15-30-13-20)33-34(21-7-5-4-6-8-21)25(17)32-27(35)31-14-19-11-18(16-36-2)9-10-23(19)38-26(28)29;1-4-19(31)21-15(2)22(30(29-21)18-8-6-5-7-9-18)28-24(32)27-13-17-12-16(14-33-3)10-11-20(17)34-23(25)26/h3-16,18-19H,17H2,1-2H3,(H2,29,31,35);4-14H,15-16H2,1-3H3,(H2,32,33,36);4-13,15,26H,14,16H2,1-3H3,(H2,31,32,35);5-12,23H,4,13-14H2,1-3H3,(H2,27,28,32). The van der Waals surface area contributed by atoms with Gasteiger partial charge < -0.3 is 59.2 Å². The fourth-order valence-electron chi connectivity index (χ4n) is 15.3. The first kappa shape index (κ1) is 106. The van der Waals surface area contributed by atoms with Gasteiger partial charge in [0.05, 0.1) is 80.6 Å². The van der Waals surface area contributed by atoms with Gasteiger partial charge in [0.25, 0.3) is 0 Å². The number of aryl methyl sites for hydroxylation is 1. The fraction of sp³-hybridized carbons (Fsp3) is 0.208. The number of carbonyl (C=O) groups excluding carboxylic acids is 5. The van der Waals surface area contributed by atoms with E-state index in [2.05, 4.69) is 95.1 Å². The number of nitrogens with zero attached hydrogens (tertiary/aromatic N) is 12. The first-order chi connectivity index (χ1) is 70.5. The highest BCUT2D eigenvalue weighted by Crippen LogP contribution is 2.38. The molecule has 7 aromatic heterocycles. The summed E-state index contributed by atoms with van der Waals surface area (Å²) >= 11 is 0. The topological polar surface area (TPSA) is 370 Å². The van der Waals surface area contributed by atoms with Crippen molar-refractivity contribution < 1.29 is 92.6 Å². The van der Waals surface area contributed by atoms with Crippen molar-refractivity contribution in [2.24, 2.45) is 7.05 Å². The van der Waals surface area contributed by atoms with Crippen LogP contribution in [0.4, 0.5) is 73.2 Å². The van der Waals surface area contributed by atoms with Gasteiger partial charge in [-0.3, -0.25) is 35.7 Å². The first-order valence-corrected chi connectivity index (χ1v) is 45.4. The maximum absolute atomic E-state index is 13.0. The number of para-hydroxylation sites is 4. The van der Waals surface area contributed by atoms with E-state index in [9.17, 15) is 54.7 Å². The number of urea groups is 4. The Hall–Kier alpha value is -17.5. The molecule has 9 aromatic carbocycles. The van der Waals surface area contributed by atoms with Crippen LogP contribution >= 0.6 is 0 Å². The molecular weight excluding hydrogens is 1890 g/mol. The number of ketones is 1. The van der Waals surface area contributed by atoms with E-state index in [1.54, 1.807) is 126 Å². The van der Waals surface area contributed by atoms with Crippen LogP contribution in [0.5, 0.6) is 28.9 Å². The number of aromatic nitrogens is 12. The molecule has 0 aliphatic heterocycles. The second-order valence-corrected chi connectivity index (χ2v) is 32.3. The minimum absolute atomic E-state index is 0.0292. The van der Waals surface area contributed by atoms with Gasteiger partial charge in [-0.2, -0.15) is 43.1 Å². The van der Waals surface area contributed by atoms with Gasteiger partial charge in [-0.25, -0.2) is 42.9 Å². The van der Waals surface area contributed by atoms with Crippen LogP contribution in [0.3, 0.4) is 0 Å². The zero-order valence-corrected chi connectivity index (χ0v) is 81.2. The summed E-state index contributed by atoms with van der Waals surface area (Å²) in [5.74, 6) is 2.13. The van der Waals surface area contributed by atoms with Crippen molar-refractivity contribution >= 4 is 53.2 Å².